The lowest BCUT2D eigenvalue weighted by Gasteiger charge is -2.07. The maximum absolute atomic E-state index is 13.9. The molecule has 16 heavy (non-hydrogen) atoms. The molecule has 0 aromatic heterocycles. The van der Waals surface area contributed by atoms with E-state index in [0.717, 1.165) is 0 Å². The van der Waals surface area contributed by atoms with Crippen molar-refractivity contribution in [3.05, 3.63) is 55.8 Å². The molecule has 0 fully saturated rings. The molecule has 0 nitrogen and oxygen atoms in total. The molecule has 0 aliphatic heterocycles. The molecule has 0 aliphatic carbocycles. The molecule has 0 bridgehead atoms. The van der Waals surface area contributed by atoms with Crippen molar-refractivity contribution in [2.45, 2.75) is 0 Å². The van der Waals surface area contributed by atoms with E-state index in [0.29, 0.717) is 24.7 Å². The average molecular weight is 367 g/mol. The molecule has 2 rings (SSSR count). The van der Waals surface area contributed by atoms with Crippen molar-refractivity contribution < 1.29 is 4.39 Å². The molecule has 82 valence electrons. The highest BCUT2D eigenvalue weighted by molar-refractivity contribution is 14.1. The molecule has 2 aromatic carbocycles. The Hall–Kier alpha value is -0.320. The van der Waals surface area contributed by atoms with Gasteiger partial charge in [0.25, 0.3) is 0 Å². The summed E-state index contributed by atoms with van der Waals surface area (Å²) in [4.78, 5) is 0. The van der Waals surface area contributed by atoms with Crippen LogP contribution in [0.1, 0.15) is 0 Å². The lowest BCUT2D eigenvalue weighted by Crippen LogP contribution is -1.88. The van der Waals surface area contributed by atoms with Crippen LogP contribution in [0.3, 0.4) is 0 Å². The Morgan fingerprint density at radius 2 is 1.75 bits per heavy atom. The summed E-state index contributed by atoms with van der Waals surface area (Å²) in [7, 11) is 0. The van der Waals surface area contributed by atoms with Crippen LogP contribution in [-0.4, -0.2) is 0 Å². The molecule has 0 aliphatic rings. The van der Waals surface area contributed by atoms with Crippen LogP contribution in [0.15, 0.2) is 36.4 Å². The lowest BCUT2D eigenvalue weighted by atomic mass is 10.1. The van der Waals surface area contributed by atoms with Gasteiger partial charge in [0, 0.05) is 24.7 Å². The van der Waals surface area contributed by atoms with E-state index in [4.69, 9.17) is 23.2 Å². The second-order valence-corrected chi connectivity index (χ2v) is 5.23. The minimum atomic E-state index is -0.257. The highest BCUT2D eigenvalue weighted by Crippen LogP contribution is 2.33. The fourth-order valence-corrected chi connectivity index (χ4v) is 2.43. The van der Waals surface area contributed by atoms with Gasteiger partial charge in [0.05, 0.1) is 0 Å². The summed E-state index contributed by atoms with van der Waals surface area (Å²) >= 11 is 13.8. The summed E-state index contributed by atoms with van der Waals surface area (Å²) in [6, 6.07) is 10.2. The van der Waals surface area contributed by atoms with Gasteiger partial charge in [-0.25, -0.2) is 4.39 Å². The van der Waals surface area contributed by atoms with Crippen LogP contribution in [0.25, 0.3) is 11.1 Å². The summed E-state index contributed by atoms with van der Waals surface area (Å²) < 4.78 is 14.4. The first-order valence-corrected chi connectivity index (χ1v) is 6.32. The summed E-state index contributed by atoms with van der Waals surface area (Å²) in [5.74, 6) is -0.257. The largest absolute Gasteiger partial charge is 0.205 e. The topological polar surface area (TPSA) is 0 Å². The third-order valence-electron chi connectivity index (χ3n) is 2.17. The van der Waals surface area contributed by atoms with Crippen molar-refractivity contribution in [3.63, 3.8) is 0 Å². The van der Waals surface area contributed by atoms with E-state index in [1.54, 1.807) is 36.4 Å². The molecule has 0 atom stereocenters. The Labute approximate surface area is 117 Å². The first kappa shape index (κ1) is 12.1. The Morgan fingerprint density at radius 1 is 1.00 bits per heavy atom. The predicted octanol–water partition coefficient (Wildman–Crippen LogP) is 5.40. The van der Waals surface area contributed by atoms with E-state index in [2.05, 4.69) is 0 Å². The summed E-state index contributed by atoms with van der Waals surface area (Å²) in [5.41, 5.74) is 1.15. The number of benzene rings is 2. The molecule has 4 heteroatoms. The van der Waals surface area contributed by atoms with Gasteiger partial charge in [-0.2, -0.15) is 0 Å². The molecule has 0 spiro atoms. The zero-order valence-corrected chi connectivity index (χ0v) is 11.6. The van der Waals surface area contributed by atoms with Crippen molar-refractivity contribution in [2.24, 2.45) is 0 Å². The first-order valence-electron chi connectivity index (χ1n) is 4.49. The summed E-state index contributed by atoms with van der Waals surface area (Å²) in [6.07, 6.45) is 0. The van der Waals surface area contributed by atoms with Crippen molar-refractivity contribution in [3.8, 4) is 11.1 Å². The zero-order chi connectivity index (χ0) is 11.7. The Morgan fingerprint density at radius 3 is 2.44 bits per heavy atom. The highest BCUT2D eigenvalue weighted by atomic mass is 127. The zero-order valence-electron chi connectivity index (χ0n) is 7.98. The van der Waals surface area contributed by atoms with E-state index in [1.165, 1.54) is 0 Å². The van der Waals surface area contributed by atoms with Crippen LogP contribution in [0.4, 0.5) is 4.39 Å². The van der Waals surface area contributed by atoms with E-state index in [1.807, 2.05) is 22.6 Å². The van der Waals surface area contributed by atoms with E-state index in [9.17, 15) is 4.39 Å². The normalized spacial score (nSPS) is 10.5. The van der Waals surface area contributed by atoms with Gasteiger partial charge in [0.2, 0.25) is 0 Å². The van der Waals surface area contributed by atoms with Crippen LogP contribution in [0, 0.1) is 9.39 Å². The Bertz CT molecular complexity index is 541. The molecule has 0 saturated carbocycles. The standard InChI is InChI=1S/C12H6Cl2FI/c13-7-4-5-8(10(14)6-7)9-2-1-3-11(16)12(9)15/h1-6H. The van der Waals surface area contributed by atoms with Gasteiger partial charge in [0.15, 0.2) is 0 Å². The van der Waals surface area contributed by atoms with Crippen LogP contribution in [0.2, 0.25) is 10.0 Å². The third kappa shape index (κ3) is 2.34. The van der Waals surface area contributed by atoms with Gasteiger partial charge in [-0.15, -0.1) is 0 Å². The summed E-state index contributed by atoms with van der Waals surface area (Å²) in [6.45, 7) is 0. The number of halogens is 4. The molecular formula is C12H6Cl2FI. The van der Waals surface area contributed by atoms with Gasteiger partial charge < -0.3 is 0 Å². The molecule has 0 heterocycles. The second-order valence-electron chi connectivity index (χ2n) is 3.23. The van der Waals surface area contributed by atoms with Crippen molar-refractivity contribution in [1.29, 1.82) is 0 Å². The minimum absolute atomic E-state index is 0.257. The van der Waals surface area contributed by atoms with E-state index in [-0.39, 0.29) is 5.82 Å². The van der Waals surface area contributed by atoms with Crippen LogP contribution in [0.5, 0.6) is 0 Å². The van der Waals surface area contributed by atoms with Gasteiger partial charge in [-0.1, -0.05) is 41.4 Å². The summed E-state index contributed by atoms with van der Waals surface area (Å²) in [5, 5.41) is 0.994. The molecule has 0 N–H and O–H groups in total. The highest BCUT2D eigenvalue weighted by Gasteiger charge is 2.11. The molecule has 0 unspecified atom stereocenters. The molecule has 0 amide bonds. The quantitative estimate of drug-likeness (QED) is 0.592. The number of hydrogen-bond acceptors (Lipinski definition) is 0. The van der Waals surface area contributed by atoms with E-state index >= 15 is 0 Å². The van der Waals surface area contributed by atoms with Gasteiger partial charge >= 0.3 is 0 Å². The third-order valence-corrected chi connectivity index (χ3v) is 3.55. The van der Waals surface area contributed by atoms with Crippen molar-refractivity contribution in [1.82, 2.24) is 0 Å². The molecule has 0 radical (unpaired) electrons. The average Bonchev–Trinajstić information content (AvgIpc) is 2.23. The fourth-order valence-electron chi connectivity index (χ4n) is 1.42. The molecular weight excluding hydrogens is 361 g/mol. The number of hydrogen-bond donors (Lipinski definition) is 0. The van der Waals surface area contributed by atoms with Crippen LogP contribution < -0.4 is 0 Å². The van der Waals surface area contributed by atoms with Gasteiger partial charge in [0.1, 0.15) is 5.82 Å². The first-order chi connectivity index (χ1) is 7.59. The fraction of sp³-hybridized carbons (Fsp3) is 0. The second kappa shape index (κ2) is 4.90. The number of rotatable bonds is 1. The van der Waals surface area contributed by atoms with Crippen LogP contribution in [-0.2, 0) is 0 Å². The molecule has 0 saturated heterocycles. The Kier molecular flexibility index (Phi) is 3.72. The smallest absolute Gasteiger partial charge is 0.144 e. The van der Waals surface area contributed by atoms with E-state index < -0.39 is 0 Å². The van der Waals surface area contributed by atoms with Crippen molar-refractivity contribution >= 4 is 45.8 Å². The van der Waals surface area contributed by atoms with Gasteiger partial charge in [-0.3, -0.25) is 0 Å². The van der Waals surface area contributed by atoms with Gasteiger partial charge in [-0.05, 0) is 40.8 Å². The monoisotopic (exact) mass is 366 g/mol. The SMILES string of the molecule is Fc1c(I)cccc1-c1ccc(Cl)cc1Cl. The Balaban J connectivity index is 2.63. The maximum Gasteiger partial charge on any atom is 0.144 e. The minimum Gasteiger partial charge on any atom is -0.205 e. The maximum atomic E-state index is 13.9. The molecule has 2 aromatic rings. The van der Waals surface area contributed by atoms with Crippen LogP contribution >= 0.6 is 45.8 Å². The van der Waals surface area contributed by atoms with Crippen molar-refractivity contribution in [2.75, 3.05) is 0 Å². The predicted molar refractivity (Wildman–Crippen MR) is 74.6 cm³/mol. The lowest BCUT2D eigenvalue weighted by molar-refractivity contribution is 0.624.